The van der Waals surface area contributed by atoms with Crippen LogP contribution in [0.1, 0.15) is 18.4 Å². The van der Waals surface area contributed by atoms with Gasteiger partial charge in [0.2, 0.25) is 5.91 Å². The fourth-order valence-electron chi connectivity index (χ4n) is 2.96. The lowest BCUT2D eigenvalue weighted by molar-refractivity contribution is -0.117. The highest BCUT2D eigenvalue weighted by atomic mass is 16.2. The molecule has 4 rings (SSSR count). The molecule has 2 amide bonds. The number of hydrogen-bond acceptors (Lipinski definition) is 6. The number of nitrogens with two attached hydrogens (primary N) is 1. The molecule has 0 atom stereocenters. The molecule has 1 fully saturated rings. The monoisotopic (exact) mass is 400 g/mol. The van der Waals surface area contributed by atoms with E-state index in [9.17, 15) is 9.59 Å². The second-order valence-corrected chi connectivity index (χ2v) is 7.10. The van der Waals surface area contributed by atoms with Gasteiger partial charge in [-0.2, -0.15) is 0 Å². The number of nitrogen functional groups attached to an aromatic ring is 1. The molecule has 8 nitrogen and oxygen atoms in total. The Morgan fingerprint density at radius 2 is 1.77 bits per heavy atom. The molecule has 3 aromatic rings. The number of nitrogens with zero attached hydrogens (tertiary/aromatic N) is 2. The predicted molar refractivity (Wildman–Crippen MR) is 115 cm³/mol. The number of benzene rings is 1. The Bertz CT molecular complexity index is 1130. The van der Waals surface area contributed by atoms with Gasteiger partial charge in [-0.3, -0.25) is 25.0 Å². The highest BCUT2D eigenvalue weighted by molar-refractivity contribution is 6.48. The van der Waals surface area contributed by atoms with Crippen molar-refractivity contribution >= 4 is 34.6 Å². The van der Waals surface area contributed by atoms with Crippen molar-refractivity contribution in [2.24, 2.45) is 5.92 Å². The van der Waals surface area contributed by atoms with Crippen molar-refractivity contribution in [1.82, 2.24) is 9.97 Å². The van der Waals surface area contributed by atoms with Crippen molar-refractivity contribution in [1.29, 1.82) is 5.41 Å². The van der Waals surface area contributed by atoms with Crippen molar-refractivity contribution in [3.05, 3.63) is 66.7 Å². The van der Waals surface area contributed by atoms with Crippen LogP contribution in [0, 0.1) is 11.3 Å². The molecule has 0 aliphatic heterocycles. The number of carbonyl (C=O) groups excluding carboxylic acids is 2. The average Bonchev–Trinajstić information content (AvgIpc) is 3.60. The van der Waals surface area contributed by atoms with Crippen LogP contribution in [0.3, 0.4) is 0 Å². The first kappa shape index (κ1) is 19.3. The lowest BCUT2D eigenvalue weighted by Crippen LogP contribution is -2.24. The third kappa shape index (κ3) is 4.33. The SMILES string of the molecule is N=C(C(=O)Nc1cccnc1)c1cc(-c2cncc(NC(=O)C3CC3)c2)ccc1N. The van der Waals surface area contributed by atoms with E-state index in [4.69, 9.17) is 11.1 Å². The molecule has 1 aliphatic rings. The molecular weight excluding hydrogens is 380 g/mol. The maximum absolute atomic E-state index is 12.5. The summed E-state index contributed by atoms with van der Waals surface area (Å²) in [6, 6.07) is 10.3. The zero-order chi connectivity index (χ0) is 21.1. The molecule has 0 unspecified atom stereocenters. The van der Waals surface area contributed by atoms with E-state index in [1.807, 2.05) is 6.07 Å². The summed E-state index contributed by atoms with van der Waals surface area (Å²) in [5.74, 6) is -0.494. The predicted octanol–water partition coefficient (Wildman–Crippen LogP) is 3.08. The minimum absolute atomic E-state index is 0.000737. The molecule has 30 heavy (non-hydrogen) atoms. The van der Waals surface area contributed by atoms with Crippen LogP contribution in [0.4, 0.5) is 17.1 Å². The first-order valence-electron chi connectivity index (χ1n) is 9.47. The number of amides is 2. The lowest BCUT2D eigenvalue weighted by atomic mass is 10.00. The van der Waals surface area contributed by atoms with Crippen molar-refractivity contribution < 1.29 is 9.59 Å². The van der Waals surface area contributed by atoms with Gasteiger partial charge in [0.1, 0.15) is 5.71 Å². The standard InChI is InChI=1S/C22H20N6O2/c23-19-6-5-14(15-8-17(12-26-10-15)28-21(29)13-3-4-13)9-18(19)20(24)22(30)27-16-2-1-7-25-11-16/h1-2,5-13,24H,3-4,23H2,(H,27,30)(H,28,29). The molecule has 8 heteroatoms. The maximum Gasteiger partial charge on any atom is 0.274 e. The Hall–Kier alpha value is -4.07. The van der Waals surface area contributed by atoms with Crippen LogP contribution in [-0.2, 0) is 9.59 Å². The second kappa shape index (κ2) is 8.12. The van der Waals surface area contributed by atoms with E-state index in [-0.39, 0.29) is 17.5 Å². The number of rotatable bonds is 6. The van der Waals surface area contributed by atoms with E-state index >= 15 is 0 Å². The van der Waals surface area contributed by atoms with Crippen molar-refractivity contribution in [3.8, 4) is 11.1 Å². The van der Waals surface area contributed by atoms with Crippen molar-refractivity contribution in [3.63, 3.8) is 0 Å². The summed E-state index contributed by atoms with van der Waals surface area (Å²) in [6.07, 6.45) is 8.18. The summed E-state index contributed by atoms with van der Waals surface area (Å²) in [5, 5.41) is 13.8. The molecule has 1 saturated carbocycles. The zero-order valence-corrected chi connectivity index (χ0v) is 16.1. The fourth-order valence-corrected chi connectivity index (χ4v) is 2.96. The smallest absolute Gasteiger partial charge is 0.274 e. The third-order valence-corrected chi connectivity index (χ3v) is 4.76. The van der Waals surface area contributed by atoms with Crippen LogP contribution in [0.15, 0.2) is 61.2 Å². The molecule has 1 aromatic carbocycles. The van der Waals surface area contributed by atoms with E-state index < -0.39 is 5.91 Å². The Morgan fingerprint density at radius 1 is 0.967 bits per heavy atom. The molecule has 0 saturated heterocycles. The van der Waals surface area contributed by atoms with Crippen LogP contribution in [0.25, 0.3) is 11.1 Å². The maximum atomic E-state index is 12.5. The fraction of sp³-hybridized carbons (Fsp3) is 0.136. The Labute approximate surface area is 173 Å². The summed E-state index contributed by atoms with van der Waals surface area (Å²) < 4.78 is 0. The molecule has 150 valence electrons. The number of aromatic nitrogens is 2. The number of pyridine rings is 2. The topological polar surface area (TPSA) is 134 Å². The van der Waals surface area contributed by atoms with Gasteiger partial charge in [-0.25, -0.2) is 0 Å². The van der Waals surface area contributed by atoms with Crippen LogP contribution >= 0.6 is 0 Å². The van der Waals surface area contributed by atoms with E-state index in [1.165, 1.54) is 6.20 Å². The molecule has 2 aromatic heterocycles. The molecule has 5 N–H and O–H groups in total. The van der Waals surface area contributed by atoms with Crippen LogP contribution < -0.4 is 16.4 Å². The summed E-state index contributed by atoms with van der Waals surface area (Å²) in [5.41, 5.74) is 8.96. The number of carbonyl (C=O) groups is 2. The number of anilines is 3. The highest BCUT2D eigenvalue weighted by Crippen LogP contribution is 2.31. The average molecular weight is 400 g/mol. The van der Waals surface area contributed by atoms with Crippen LogP contribution in [-0.4, -0.2) is 27.5 Å². The molecule has 2 heterocycles. The Morgan fingerprint density at radius 3 is 2.50 bits per heavy atom. The molecule has 0 bridgehead atoms. The Kier molecular flexibility index (Phi) is 5.21. The third-order valence-electron chi connectivity index (χ3n) is 4.76. The molecule has 0 radical (unpaired) electrons. The molecular formula is C22H20N6O2. The minimum Gasteiger partial charge on any atom is -0.398 e. The summed E-state index contributed by atoms with van der Waals surface area (Å²) >= 11 is 0. The van der Waals surface area contributed by atoms with E-state index in [2.05, 4.69) is 20.6 Å². The highest BCUT2D eigenvalue weighted by Gasteiger charge is 2.29. The van der Waals surface area contributed by atoms with Crippen LogP contribution in [0.5, 0.6) is 0 Å². The van der Waals surface area contributed by atoms with Gasteiger partial charge in [0.15, 0.2) is 0 Å². The van der Waals surface area contributed by atoms with E-state index in [0.29, 0.717) is 22.6 Å². The van der Waals surface area contributed by atoms with Crippen LogP contribution in [0.2, 0.25) is 0 Å². The lowest BCUT2D eigenvalue weighted by Gasteiger charge is -2.11. The van der Waals surface area contributed by atoms with Crippen molar-refractivity contribution in [2.45, 2.75) is 12.8 Å². The van der Waals surface area contributed by atoms with Gasteiger partial charge in [-0.1, -0.05) is 6.07 Å². The van der Waals surface area contributed by atoms with Gasteiger partial charge >= 0.3 is 0 Å². The van der Waals surface area contributed by atoms with Gasteiger partial charge < -0.3 is 16.4 Å². The molecule has 1 aliphatic carbocycles. The number of hydrogen-bond donors (Lipinski definition) is 4. The normalized spacial score (nSPS) is 12.8. The zero-order valence-electron chi connectivity index (χ0n) is 16.1. The van der Waals surface area contributed by atoms with Gasteiger partial charge in [0, 0.05) is 35.1 Å². The van der Waals surface area contributed by atoms with E-state index in [0.717, 1.165) is 24.0 Å². The first-order chi connectivity index (χ1) is 14.5. The quantitative estimate of drug-likeness (QED) is 0.373. The Balaban J connectivity index is 1.56. The second-order valence-electron chi connectivity index (χ2n) is 7.10. The van der Waals surface area contributed by atoms with Gasteiger partial charge in [-0.05, 0) is 48.7 Å². The van der Waals surface area contributed by atoms with Gasteiger partial charge in [0.05, 0.1) is 23.8 Å². The summed E-state index contributed by atoms with van der Waals surface area (Å²) in [4.78, 5) is 32.6. The van der Waals surface area contributed by atoms with E-state index in [1.54, 1.807) is 48.9 Å². The largest absolute Gasteiger partial charge is 0.398 e. The summed E-state index contributed by atoms with van der Waals surface area (Å²) in [7, 11) is 0. The molecule has 0 spiro atoms. The minimum atomic E-state index is -0.588. The van der Waals surface area contributed by atoms with Gasteiger partial charge in [0.25, 0.3) is 5.91 Å². The number of nitrogens with one attached hydrogen (secondary N) is 3. The van der Waals surface area contributed by atoms with Gasteiger partial charge in [-0.15, -0.1) is 0 Å². The van der Waals surface area contributed by atoms with Crippen molar-refractivity contribution in [2.75, 3.05) is 16.4 Å². The summed E-state index contributed by atoms with van der Waals surface area (Å²) in [6.45, 7) is 0. The first-order valence-corrected chi connectivity index (χ1v) is 9.47.